The van der Waals surface area contributed by atoms with E-state index in [-0.39, 0.29) is 25.7 Å². The average molecular weight is 1510 g/mol. The lowest BCUT2D eigenvalue weighted by atomic mass is 10.0. The minimum absolute atomic E-state index is 0.106. The first-order chi connectivity index (χ1) is 49.6. The fraction of sp³-hybridized carbons (Fsp3) is 0.952. The van der Waals surface area contributed by atoms with Crippen LogP contribution < -0.4 is 0 Å². The molecule has 612 valence electrons. The van der Waals surface area contributed by atoms with E-state index < -0.39 is 97.5 Å². The molecule has 0 aliphatic rings. The smallest absolute Gasteiger partial charge is 0.462 e. The molecule has 0 fully saturated rings. The van der Waals surface area contributed by atoms with E-state index in [1.165, 1.54) is 231 Å². The predicted octanol–water partition coefficient (Wildman–Crippen LogP) is 25.2. The standard InChI is InChI=1S/C84H164O17P2/c1-74(2)60-52-44-36-30-24-18-14-11-9-10-12-16-20-27-33-39-48-56-64-81(86)94-70-79(100-83(88)66-58-50-40-34-28-21-17-13-15-19-25-31-37-45-53-61-75(3)4)72-98-102(90,91)96-68-78(85)69-97-103(92,93)99-73-80(71-95-82(87)65-57-49-43-42-47-55-63-77(7)8)101-84(89)67-59-51-41-35-29-23-22-26-32-38-46-54-62-76(5)6/h74-80,85H,9-73H2,1-8H3,(H,90,91)(H,92,93)/t78-,79-,80-/m1/s1. The van der Waals surface area contributed by atoms with Crippen molar-refractivity contribution in [3.8, 4) is 0 Å². The van der Waals surface area contributed by atoms with Gasteiger partial charge in [-0.1, -0.05) is 383 Å². The predicted molar refractivity (Wildman–Crippen MR) is 423 cm³/mol. The number of carbonyl (C=O) groups excluding carboxylic acids is 4. The van der Waals surface area contributed by atoms with Crippen LogP contribution in [0.2, 0.25) is 0 Å². The van der Waals surface area contributed by atoms with Crippen molar-refractivity contribution in [2.24, 2.45) is 23.7 Å². The molecule has 0 saturated heterocycles. The largest absolute Gasteiger partial charge is 0.472 e. The third kappa shape index (κ3) is 78.0. The summed E-state index contributed by atoms with van der Waals surface area (Å²) in [5, 5.41) is 10.7. The van der Waals surface area contributed by atoms with Gasteiger partial charge in [0.15, 0.2) is 12.2 Å². The van der Waals surface area contributed by atoms with E-state index in [9.17, 15) is 43.2 Å². The quantitative estimate of drug-likeness (QED) is 0.0222. The van der Waals surface area contributed by atoms with E-state index in [0.717, 1.165) is 114 Å². The number of ether oxygens (including phenoxy) is 4. The van der Waals surface area contributed by atoms with Gasteiger partial charge in [-0.25, -0.2) is 9.13 Å². The van der Waals surface area contributed by atoms with Crippen LogP contribution in [0, 0.1) is 23.7 Å². The molecule has 0 bridgehead atoms. The summed E-state index contributed by atoms with van der Waals surface area (Å²) in [6.45, 7) is 14.3. The van der Waals surface area contributed by atoms with Gasteiger partial charge < -0.3 is 33.8 Å². The number of rotatable bonds is 81. The molecule has 0 rings (SSSR count). The van der Waals surface area contributed by atoms with Crippen LogP contribution in [0.3, 0.4) is 0 Å². The lowest BCUT2D eigenvalue weighted by Crippen LogP contribution is -2.30. The second-order valence-electron chi connectivity index (χ2n) is 32.1. The number of hydrogen-bond donors (Lipinski definition) is 3. The molecule has 0 aromatic heterocycles. The SMILES string of the molecule is CC(C)CCCCCCCCCCCCCCCCCCCCC(=O)OC[C@H](COP(=O)(O)OC[C@@H](O)COP(=O)(O)OC[C@@H](COC(=O)CCCCCCCCC(C)C)OC(=O)CCCCCCCCCCCCCCC(C)C)OC(=O)CCCCCCCCCCCCCCCCCC(C)C. The molecule has 0 heterocycles. The molecule has 103 heavy (non-hydrogen) atoms. The second-order valence-corrected chi connectivity index (χ2v) is 35.0. The Labute approximate surface area is 632 Å². The number of carbonyl (C=O) groups is 4. The lowest BCUT2D eigenvalue weighted by molar-refractivity contribution is -0.161. The van der Waals surface area contributed by atoms with Gasteiger partial charge in [0.1, 0.15) is 19.3 Å². The number of aliphatic hydroxyl groups is 1. The van der Waals surface area contributed by atoms with Crippen molar-refractivity contribution in [1.82, 2.24) is 0 Å². The normalized spacial score (nSPS) is 14.0. The third-order valence-electron chi connectivity index (χ3n) is 19.6. The summed E-state index contributed by atoms with van der Waals surface area (Å²) in [5.74, 6) is 0.969. The van der Waals surface area contributed by atoms with Gasteiger partial charge in [-0.15, -0.1) is 0 Å². The van der Waals surface area contributed by atoms with Gasteiger partial charge in [0, 0.05) is 25.7 Å². The van der Waals surface area contributed by atoms with Gasteiger partial charge in [0.2, 0.25) is 0 Å². The van der Waals surface area contributed by atoms with E-state index in [4.69, 9.17) is 37.0 Å². The molecule has 3 N–H and O–H groups in total. The maximum absolute atomic E-state index is 13.1. The number of esters is 4. The van der Waals surface area contributed by atoms with Gasteiger partial charge in [-0.3, -0.25) is 37.3 Å². The van der Waals surface area contributed by atoms with Crippen LogP contribution in [-0.2, 0) is 65.4 Å². The maximum Gasteiger partial charge on any atom is 0.472 e. The molecule has 0 aromatic carbocycles. The van der Waals surface area contributed by atoms with Crippen molar-refractivity contribution in [2.45, 2.75) is 453 Å². The van der Waals surface area contributed by atoms with Gasteiger partial charge >= 0.3 is 39.5 Å². The number of unbranched alkanes of at least 4 members (excludes halogenated alkanes) is 47. The van der Waals surface area contributed by atoms with Gasteiger partial charge in [0.05, 0.1) is 26.4 Å². The monoisotopic (exact) mass is 1510 g/mol. The van der Waals surface area contributed by atoms with Crippen molar-refractivity contribution in [3.05, 3.63) is 0 Å². The summed E-state index contributed by atoms with van der Waals surface area (Å²) in [5.41, 5.74) is 0. The zero-order chi connectivity index (χ0) is 76.0. The van der Waals surface area contributed by atoms with Crippen molar-refractivity contribution < 1.29 is 80.2 Å². The minimum atomic E-state index is -4.97. The molecule has 0 radical (unpaired) electrons. The highest BCUT2D eigenvalue weighted by Gasteiger charge is 2.30. The molecule has 0 spiro atoms. The van der Waals surface area contributed by atoms with Crippen LogP contribution in [0.1, 0.15) is 434 Å². The first-order valence-corrected chi connectivity index (χ1v) is 46.2. The Morgan fingerprint density at radius 2 is 0.408 bits per heavy atom. The summed E-state index contributed by atoms with van der Waals surface area (Å²) in [6.07, 6.45) is 61.3. The number of aliphatic hydroxyl groups excluding tert-OH is 1. The van der Waals surface area contributed by atoms with Crippen LogP contribution in [0.25, 0.3) is 0 Å². The minimum Gasteiger partial charge on any atom is -0.462 e. The Balaban J connectivity index is 5.21. The summed E-state index contributed by atoms with van der Waals surface area (Å²) < 4.78 is 68.8. The summed E-state index contributed by atoms with van der Waals surface area (Å²) in [4.78, 5) is 73.1. The van der Waals surface area contributed by atoms with Crippen LogP contribution in [-0.4, -0.2) is 96.7 Å². The summed E-state index contributed by atoms with van der Waals surface area (Å²) in [6, 6.07) is 0. The Morgan fingerprint density at radius 1 is 0.243 bits per heavy atom. The van der Waals surface area contributed by atoms with Crippen LogP contribution in [0.4, 0.5) is 0 Å². The summed E-state index contributed by atoms with van der Waals surface area (Å²) >= 11 is 0. The van der Waals surface area contributed by atoms with Crippen LogP contribution >= 0.6 is 15.6 Å². The highest BCUT2D eigenvalue weighted by Crippen LogP contribution is 2.45. The van der Waals surface area contributed by atoms with E-state index in [0.29, 0.717) is 31.6 Å². The van der Waals surface area contributed by atoms with Gasteiger partial charge in [-0.2, -0.15) is 0 Å². The fourth-order valence-electron chi connectivity index (χ4n) is 13.0. The third-order valence-corrected chi connectivity index (χ3v) is 21.5. The van der Waals surface area contributed by atoms with Crippen molar-refractivity contribution in [3.63, 3.8) is 0 Å². The average Bonchev–Trinajstić information content (AvgIpc) is 0.913. The van der Waals surface area contributed by atoms with E-state index in [1.807, 2.05) is 0 Å². The molecular weight excluding hydrogens is 1340 g/mol. The van der Waals surface area contributed by atoms with Crippen molar-refractivity contribution in [1.29, 1.82) is 0 Å². The first-order valence-electron chi connectivity index (χ1n) is 43.2. The molecule has 0 aromatic rings. The molecule has 0 aliphatic heterocycles. The van der Waals surface area contributed by atoms with Crippen LogP contribution in [0.15, 0.2) is 0 Å². The Morgan fingerprint density at radius 3 is 0.602 bits per heavy atom. The Bertz CT molecular complexity index is 2010. The van der Waals surface area contributed by atoms with Crippen molar-refractivity contribution in [2.75, 3.05) is 39.6 Å². The van der Waals surface area contributed by atoms with Crippen molar-refractivity contribution >= 4 is 39.5 Å². The Kier molecular flexibility index (Phi) is 71.5. The molecule has 0 saturated carbocycles. The highest BCUT2D eigenvalue weighted by atomic mass is 31.2. The first kappa shape index (κ1) is 101. The number of phosphoric acid groups is 2. The Hall–Kier alpha value is -1.94. The fourth-order valence-corrected chi connectivity index (χ4v) is 14.5. The molecule has 19 heteroatoms. The van der Waals surface area contributed by atoms with Gasteiger partial charge in [-0.05, 0) is 49.4 Å². The second kappa shape index (κ2) is 72.9. The lowest BCUT2D eigenvalue weighted by Gasteiger charge is -2.21. The van der Waals surface area contributed by atoms with E-state index in [2.05, 4.69) is 55.4 Å². The molecule has 17 nitrogen and oxygen atoms in total. The summed E-state index contributed by atoms with van der Waals surface area (Å²) in [7, 11) is -9.92. The number of phosphoric ester groups is 2. The topological polar surface area (TPSA) is 237 Å². The molecule has 5 atom stereocenters. The maximum atomic E-state index is 13.1. The molecule has 0 amide bonds. The zero-order valence-corrected chi connectivity index (χ0v) is 69.7. The van der Waals surface area contributed by atoms with E-state index >= 15 is 0 Å². The highest BCUT2D eigenvalue weighted by molar-refractivity contribution is 7.47. The van der Waals surface area contributed by atoms with Gasteiger partial charge in [0.25, 0.3) is 0 Å². The number of hydrogen-bond acceptors (Lipinski definition) is 15. The molecular formula is C84H164O17P2. The molecule has 2 unspecified atom stereocenters. The zero-order valence-electron chi connectivity index (χ0n) is 68.0. The van der Waals surface area contributed by atoms with E-state index in [1.54, 1.807) is 0 Å². The molecule has 0 aliphatic carbocycles. The van der Waals surface area contributed by atoms with Crippen LogP contribution in [0.5, 0.6) is 0 Å².